The van der Waals surface area contributed by atoms with Crippen LogP contribution in [0.3, 0.4) is 0 Å². The molecule has 2 aromatic rings. The predicted molar refractivity (Wildman–Crippen MR) is 77.5 cm³/mol. The molecule has 2 N–H and O–H groups in total. The number of nitrogens with one attached hydrogen (secondary N) is 2. The third kappa shape index (κ3) is 4.72. The van der Waals surface area contributed by atoms with Crippen LogP contribution in [0, 0.1) is 0 Å². The highest BCUT2D eigenvalue weighted by atomic mass is 32.1. The van der Waals surface area contributed by atoms with Gasteiger partial charge >= 0.3 is 6.18 Å². The molecule has 0 amide bonds. The summed E-state index contributed by atoms with van der Waals surface area (Å²) < 4.78 is 39.2. The molecule has 0 aliphatic carbocycles. The second-order valence-corrected chi connectivity index (χ2v) is 5.22. The average Bonchev–Trinajstić information content (AvgIpc) is 3.13. The largest absolute Gasteiger partial charge is 0.434 e. The highest BCUT2D eigenvalue weighted by Crippen LogP contribution is 2.29. The summed E-state index contributed by atoms with van der Waals surface area (Å²) >= 11 is 0.962. The smallest absolute Gasteiger partial charge is 0.355 e. The van der Waals surface area contributed by atoms with Crippen molar-refractivity contribution in [3.05, 3.63) is 34.8 Å². The van der Waals surface area contributed by atoms with Gasteiger partial charge in [0.05, 0.1) is 12.9 Å². The quantitative estimate of drug-likeness (QED) is 0.646. The molecule has 0 aliphatic rings. The first-order valence-electron chi connectivity index (χ1n) is 6.41. The molecule has 2 rings (SSSR count). The van der Waals surface area contributed by atoms with E-state index in [4.69, 9.17) is 0 Å². The van der Waals surface area contributed by atoms with E-state index in [1.807, 2.05) is 10.8 Å². The highest BCUT2D eigenvalue weighted by molar-refractivity contribution is 7.09. The minimum atomic E-state index is -4.40. The topological polar surface area (TPSA) is 67.1 Å². The minimum Gasteiger partial charge on any atom is -0.355 e. The van der Waals surface area contributed by atoms with Gasteiger partial charge in [0, 0.05) is 37.9 Å². The summed E-state index contributed by atoms with van der Waals surface area (Å²) in [5.74, 6) is 0.504. The molecule has 0 radical (unpaired) electrons. The van der Waals surface area contributed by atoms with Gasteiger partial charge in [-0.2, -0.15) is 13.2 Å². The molecule has 0 fully saturated rings. The Morgan fingerprint density at radius 3 is 2.82 bits per heavy atom. The van der Waals surface area contributed by atoms with E-state index in [-0.39, 0.29) is 6.54 Å². The lowest BCUT2D eigenvalue weighted by molar-refractivity contribution is -0.140. The van der Waals surface area contributed by atoms with Crippen molar-refractivity contribution in [3.8, 4) is 0 Å². The Morgan fingerprint density at radius 1 is 1.41 bits per heavy atom. The van der Waals surface area contributed by atoms with E-state index in [1.165, 1.54) is 0 Å². The molecular weight excluding hydrogens is 317 g/mol. The number of hydrogen-bond donors (Lipinski definition) is 2. The van der Waals surface area contributed by atoms with Crippen LogP contribution in [0.5, 0.6) is 0 Å². The van der Waals surface area contributed by atoms with E-state index >= 15 is 0 Å². The standard InChI is InChI=1S/C12H15F3N6S/c1-16-11(18-3-5-21-4-2-17-8-21)19-6-10-20-9(7-22-10)12(13,14)15/h2,4,7-8H,3,5-6H2,1H3,(H2,16,18,19). The van der Waals surface area contributed by atoms with E-state index < -0.39 is 11.9 Å². The van der Waals surface area contributed by atoms with E-state index in [1.54, 1.807) is 19.6 Å². The first-order valence-corrected chi connectivity index (χ1v) is 7.29. The maximum atomic E-state index is 12.4. The molecular formula is C12H15F3N6S. The summed E-state index contributed by atoms with van der Waals surface area (Å²) in [6, 6.07) is 0. The van der Waals surface area contributed by atoms with Crippen LogP contribution in [-0.4, -0.2) is 34.1 Å². The molecule has 0 atom stereocenters. The Bertz CT molecular complexity index is 605. The molecule has 2 heterocycles. The first-order chi connectivity index (χ1) is 10.5. The number of halogens is 3. The summed E-state index contributed by atoms with van der Waals surface area (Å²) in [6.07, 6.45) is 0.825. The predicted octanol–water partition coefficient (Wildman–Crippen LogP) is 1.72. The van der Waals surface area contributed by atoms with Crippen LogP contribution in [0.4, 0.5) is 13.2 Å². The number of aliphatic imine (C=N–C) groups is 1. The second kappa shape index (κ2) is 7.25. The van der Waals surface area contributed by atoms with Crippen LogP contribution in [-0.2, 0) is 19.3 Å². The van der Waals surface area contributed by atoms with E-state index in [2.05, 4.69) is 25.6 Å². The molecule has 10 heteroatoms. The third-order valence-electron chi connectivity index (χ3n) is 2.69. The lowest BCUT2D eigenvalue weighted by Crippen LogP contribution is -2.38. The molecule has 120 valence electrons. The normalized spacial score (nSPS) is 12.5. The maximum Gasteiger partial charge on any atom is 0.434 e. The summed E-state index contributed by atoms with van der Waals surface area (Å²) in [7, 11) is 1.59. The number of aromatic nitrogens is 3. The van der Waals surface area contributed by atoms with Crippen LogP contribution in [0.2, 0.25) is 0 Å². The van der Waals surface area contributed by atoms with Crippen LogP contribution in [0.25, 0.3) is 0 Å². The van der Waals surface area contributed by atoms with Gasteiger partial charge in [-0.15, -0.1) is 11.3 Å². The zero-order valence-electron chi connectivity index (χ0n) is 11.8. The van der Waals surface area contributed by atoms with Gasteiger partial charge in [0.2, 0.25) is 0 Å². The molecule has 0 saturated carbocycles. The lowest BCUT2D eigenvalue weighted by Gasteiger charge is -2.11. The lowest BCUT2D eigenvalue weighted by atomic mass is 10.5. The van der Waals surface area contributed by atoms with Gasteiger partial charge in [0.15, 0.2) is 11.7 Å². The van der Waals surface area contributed by atoms with Crippen molar-refractivity contribution in [1.82, 2.24) is 25.2 Å². The second-order valence-electron chi connectivity index (χ2n) is 4.28. The van der Waals surface area contributed by atoms with Crippen LogP contribution in [0.1, 0.15) is 10.7 Å². The monoisotopic (exact) mass is 332 g/mol. The summed E-state index contributed by atoms with van der Waals surface area (Å²) in [6.45, 7) is 1.50. The van der Waals surface area contributed by atoms with Gasteiger partial charge in [-0.05, 0) is 0 Å². The molecule has 22 heavy (non-hydrogen) atoms. The minimum absolute atomic E-state index is 0.186. The Balaban J connectivity index is 1.77. The van der Waals surface area contributed by atoms with E-state index in [9.17, 15) is 13.2 Å². The molecule has 0 aliphatic heterocycles. The molecule has 0 spiro atoms. The number of rotatable bonds is 5. The van der Waals surface area contributed by atoms with Crippen LogP contribution >= 0.6 is 11.3 Å². The Morgan fingerprint density at radius 2 is 2.23 bits per heavy atom. The number of thiazole rings is 1. The van der Waals surface area contributed by atoms with E-state index in [0.717, 1.165) is 16.7 Å². The molecule has 0 bridgehead atoms. The van der Waals surface area contributed by atoms with Gasteiger partial charge in [0.25, 0.3) is 0 Å². The third-order valence-corrected chi connectivity index (χ3v) is 3.54. The van der Waals surface area contributed by atoms with Crippen LogP contribution < -0.4 is 10.6 Å². The van der Waals surface area contributed by atoms with Crippen molar-refractivity contribution >= 4 is 17.3 Å². The number of hydrogen-bond acceptors (Lipinski definition) is 4. The fourth-order valence-corrected chi connectivity index (χ4v) is 2.37. The molecule has 0 saturated heterocycles. The maximum absolute atomic E-state index is 12.4. The number of alkyl halides is 3. The van der Waals surface area contributed by atoms with Crippen molar-refractivity contribution in [2.75, 3.05) is 13.6 Å². The SMILES string of the molecule is CN=C(NCCn1ccnc1)NCc1nc(C(F)(F)F)cs1. The van der Waals surface area contributed by atoms with Crippen molar-refractivity contribution in [1.29, 1.82) is 0 Å². The van der Waals surface area contributed by atoms with Gasteiger partial charge in [-0.3, -0.25) is 4.99 Å². The average molecular weight is 332 g/mol. The van der Waals surface area contributed by atoms with Crippen LogP contribution in [0.15, 0.2) is 29.1 Å². The molecule has 6 nitrogen and oxygen atoms in total. The Labute approximate surface area is 129 Å². The van der Waals surface area contributed by atoms with Crippen molar-refractivity contribution in [2.45, 2.75) is 19.3 Å². The number of nitrogens with zero attached hydrogens (tertiary/aromatic N) is 4. The van der Waals surface area contributed by atoms with Gasteiger partial charge in [0.1, 0.15) is 5.01 Å². The molecule has 0 unspecified atom stereocenters. The fraction of sp³-hybridized carbons (Fsp3) is 0.417. The molecule has 0 aromatic carbocycles. The van der Waals surface area contributed by atoms with Gasteiger partial charge < -0.3 is 15.2 Å². The van der Waals surface area contributed by atoms with Crippen molar-refractivity contribution < 1.29 is 13.2 Å². The Kier molecular flexibility index (Phi) is 5.36. The summed E-state index contributed by atoms with van der Waals surface area (Å²) in [5.41, 5.74) is -0.864. The van der Waals surface area contributed by atoms with Crippen molar-refractivity contribution in [3.63, 3.8) is 0 Å². The molecule has 2 aromatic heterocycles. The highest BCUT2D eigenvalue weighted by Gasteiger charge is 2.33. The summed E-state index contributed by atoms with van der Waals surface area (Å²) in [5, 5.41) is 7.34. The van der Waals surface area contributed by atoms with Crippen molar-refractivity contribution in [2.24, 2.45) is 4.99 Å². The Hall–Kier alpha value is -2.10. The number of guanidine groups is 1. The van der Waals surface area contributed by atoms with Gasteiger partial charge in [-0.1, -0.05) is 0 Å². The van der Waals surface area contributed by atoms with Gasteiger partial charge in [-0.25, -0.2) is 9.97 Å². The summed E-state index contributed by atoms with van der Waals surface area (Å²) in [4.78, 5) is 11.5. The zero-order chi connectivity index (χ0) is 16.0. The number of imidazole rings is 1. The first kappa shape index (κ1) is 16.3. The van der Waals surface area contributed by atoms with E-state index in [0.29, 0.717) is 24.1 Å². The zero-order valence-corrected chi connectivity index (χ0v) is 12.6. The fourth-order valence-electron chi connectivity index (χ4n) is 1.62.